The van der Waals surface area contributed by atoms with Gasteiger partial charge in [-0.2, -0.15) is 0 Å². The molecule has 1 saturated heterocycles. The second-order valence-corrected chi connectivity index (χ2v) is 9.07. The van der Waals surface area contributed by atoms with Gasteiger partial charge in [0.2, 0.25) is 0 Å². The average Bonchev–Trinajstić information content (AvgIpc) is 2.82. The number of rotatable bonds is 6. The lowest BCUT2D eigenvalue weighted by Crippen LogP contribution is -2.49. The molecule has 6 heteroatoms. The summed E-state index contributed by atoms with van der Waals surface area (Å²) in [5.74, 6) is 0.479. The quantitative estimate of drug-likeness (QED) is 0.439. The van der Waals surface area contributed by atoms with Gasteiger partial charge in [0.15, 0.2) is 0 Å². The molecule has 1 fully saturated rings. The Balaban J connectivity index is 1.50. The predicted molar refractivity (Wildman–Crippen MR) is 139 cm³/mol. The maximum atomic E-state index is 13.4. The molecule has 0 aromatic heterocycles. The molecule has 0 saturated carbocycles. The summed E-state index contributed by atoms with van der Waals surface area (Å²) < 4.78 is 0. The molecule has 0 radical (unpaired) electrons. The molecule has 6 nitrogen and oxygen atoms in total. The lowest BCUT2D eigenvalue weighted by Gasteiger charge is -2.36. The van der Waals surface area contributed by atoms with Crippen LogP contribution >= 0.6 is 0 Å². The van der Waals surface area contributed by atoms with E-state index < -0.39 is 0 Å². The van der Waals surface area contributed by atoms with E-state index in [9.17, 15) is 9.59 Å². The Bertz CT molecular complexity index is 1140. The molecule has 0 spiro atoms. The van der Waals surface area contributed by atoms with E-state index in [1.165, 1.54) is 5.56 Å². The Morgan fingerprint density at radius 1 is 0.941 bits per heavy atom. The highest BCUT2D eigenvalue weighted by Crippen LogP contribution is 2.30. The normalized spacial score (nSPS) is 13.8. The third-order valence-corrected chi connectivity index (χ3v) is 6.05. The number of amides is 4. The number of para-hydroxylation sites is 1. The van der Waals surface area contributed by atoms with E-state index in [1.807, 2.05) is 60.4 Å². The molecule has 1 aliphatic rings. The Hall–Kier alpha value is -3.80. The number of carbonyl (C=O) groups is 2. The molecular weight excluding hydrogens is 424 g/mol. The fraction of sp³-hybridized carbons (Fsp3) is 0.286. The second kappa shape index (κ2) is 10.4. The van der Waals surface area contributed by atoms with Gasteiger partial charge in [-0.3, -0.25) is 4.90 Å². The Morgan fingerprint density at radius 3 is 2.38 bits per heavy atom. The summed E-state index contributed by atoms with van der Waals surface area (Å²) in [6.45, 7) is 8.21. The average molecular weight is 457 g/mol. The van der Waals surface area contributed by atoms with Gasteiger partial charge < -0.3 is 15.5 Å². The van der Waals surface area contributed by atoms with Crippen LogP contribution in [0.1, 0.15) is 42.9 Å². The molecule has 0 aliphatic carbocycles. The highest BCUT2D eigenvalue weighted by atomic mass is 16.2. The van der Waals surface area contributed by atoms with Crippen molar-refractivity contribution in [2.45, 2.75) is 39.7 Å². The molecule has 34 heavy (non-hydrogen) atoms. The first-order chi connectivity index (χ1) is 16.4. The van der Waals surface area contributed by atoms with Crippen molar-refractivity contribution in [3.05, 3.63) is 89.5 Å². The van der Waals surface area contributed by atoms with Gasteiger partial charge in [0, 0.05) is 25.3 Å². The number of benzene rings is 3. The van der Waals surface area contributed by atoms with Crippen LogP contribution in [-0.2, 0) is 6.54 Å². The van der Waals surface area contributed by atoms with Gasteiger partial charge in [0.25, 0.3) is 0 Å². The molecule has 3 aromatic carbocycles. The van der Waals surface area contributed by atoms with E-state index >= 15 is 0 Å². The van der Waals surface area contributed by atoms with Crippen LogP contribution < -0.4 is 15.5 Å². The van der Waals surface area contributed by atoms with Crippen LogP contribution in [0.25, 0.3) is 0 Å². The number of urea groups is 2. The van der Waals surface area contributed by atoms with Crippen molar-refractivity contribution in [2.24, 2.45) is 0 Å². The number of hydrogen-bond acceptors (Lipinski definition) is 2. The van der Waals surface area contributed by atoms with Gasteiger partial charge in [-0.1, -0.05) is 62.4 Å². The van der Waals surface area contributed by atoms with Gasteiger partial charge in [0.05, 0.1) is 11.4 Å². The fourth-order valence-corrected chi connectivity index (χ4v) is 4.17. The Labute approximate surface area is 201 Å². The summed E-state index contributed by atoms with van der Waals surface area (Å²) in [7, 11) is 0. The first-order valence-corrected chi connectivity index (χ1v) is 11.8. The summed E-state index contributed by atoms with van der Waals surface area (Å²) in [6.07, 6.45) is 0.860. The highest BCUT2D eigenvalue weighted by Gasteiger charge is 2.28. The van der Waals surface area contributed by atoms with Crippen LogP contribution in [-0.4, -0.2) is 30.1 Å². The number of hydrogen-bond donors (Lipinski definition) is 2. The summed E-state index contributed by atoms with van der Waals surface area (Å²) in [6, 6.07) is 23.2. The fourth-order valence-electron chi connectivity index (χ4n) is 4.17. The number of anilines is 3. The van der Waals surface area contributed by atoms with Gasteiger partial charge in [-0.15, -0.1) is 0 Å². The molecule has 2 N–H and O–H groups in total. The number of nitrogens with zero attached hydrogens (tertiary/aromatic N) is 2. The minimum Gasteiger partial charge on any atom is -0.320 e. The lowest BCUT2D eigenvalue weighted by molar-refractivity contribution is 0.192. The number of aryl methyl sites for hydroxylation is 1. The van der Waals surface area contributed by atoms with Gasteiger partial charge >= 0.3 is 12.1 Å². The predicted octanol–water partition coefficient (Wildman–Crippen LogP) is 6.59. The van der Waals surface area contributed by atoms with Crippen LogP contribution in [0, 0.1) is 6.92 Å². The zero-order valence-corrected chi connectivity index (χ0v) is 20.0. The maximum Gasteiger partial charge on any atom is 0.324 e. The van der Waals surface area contributed by atoms with Crippen molar-refractivity contribution in [2.75, 3.05) is 28.6 Å². The summed E-state index contributed by atoms with van der Waals surface area (Å²) in [5, 5.41) is 5.78. The maximum absolute atomic E-state index is 13.4. The largest absolute Gasteiger partial charge is 0.324 e. The van der Waals surface area contributed by atoms with Crippen LogP contribution in [0.4, 0.5) is 26.7 Å². The third-order valence-electron chi connectivity index (χ3n) is 6.05. The molecular formula is C28H32N4O2. The molecule has 1 aliphatic heterocycles. The standard InChI is InChI=1S/C28H32N4O2/c1-20(2)23-13-11-22(12-14-23)19-31-16-7-17-32(28(31)34)26-15-10-21(3)18-25(26)30-27(33)29-24-8-5-4-6-9-24/h4-6,8-15,18,20H,7,16-17,19H2,1-3H3,(H2,29,30,33). The lowest BCUT2D eigenvalue weighted by atomic mass is 10.0. The van der Waals surface area contributed by atoms with Crippen LogP contribution in [0.3, 0.4) is 0 Å². The van der Waals surface area contributed by atoms with E-state index in [-0.39, 0.29) is 12.1 Å². The minimum atomic E-state index is -0.343. The SMILES string of the molecule is Cc1ccc(N2CCCN(Cc3ccc(C(C)C)cc3)C2=O)c(NC(=O)Nc2ccccc2)c1. The van der Waals surface area contributed by atoms with Gasteiger partial charge in [-0.25, -0.2) is 9.59 Å². The monoisotopic (exact) mass is 456 g/mol. The van der Waals surface area contributed by atoms with E-state index in [0.29, 0.717) is 42.6 Å². The van der Waals surface area contributed by atoms with Crippen molar-refractivity contribution < 1.29 is 9.59 Å². The van der Waals surface area contributed by atoms with Crippen LogP contribution in [0.2, 0.25) is 0 Å². The number of carbonyl (C=O) groups excluding carboxylic acids is 2. The summed E-state index contributed by atoms with van der Waals surface area (Å²) >= 11 is 0. The summed E-state index contributed by atoms with van der Waals surface area (Å²) in [4.78, 5) is 29.7. The van der Waals surface area contributed by atoms with Gasteiger partial charge in [-0.05, 0) is 60.2 Å². The van der Waals surface area contributed by atoms with E-state index in [2.05, 4.69) is 48.7 Å². The molecule has 4 rings (SSSR count). The number of nitrogens with one attached hydrogen (secondary N) is 2. The molecule has 176 valence electrons. The van der Waals surface area contributed by atoms with Crippen molar-refractivity contribution in [3.63, 3.8) is 0 Å². The van der Waals surface area contributed by atoms with Crippen molar-refractivity contribution in [1.82, 2.24) is 4.90 Å². The molecule has 0 atom stereocenters. The van der Waals surface area contributed by atoms with E-state index in [0.717, 1.165) is 17.5 Å². The second-order valence-electron chi connectivity index (χ2n) is 9.07. The Kier molecular flexibility index (Phi) is 7.16. The molecule has 0 bridgehead atoms. The zero-order chi connectivity index (χ0) is 24.1. The smallest absolute Gasteiger partial charge is 0.320 e. The topological polar surface area (TPSA) is 64.7 Å². The molecule has 1 heterocycles. The van der Waals surface area contributed by atoms with Crippen molar-refractivity contribution >= 4 is 29.1 Å². The third kappa shape index (κ3) is 5.57. The van der Waals surface area contributed by atoms with Crippen molar-refractivity contribution in [1.29, 1.82) is 0 Å². The minimum absolute atomic E-state index is 0.0467. The summed E-state index contributed by atoms with van der Waals surface area (Å²) in [5.41, 5.74) is 5.44. The molecule has 0 unspecified atom stereocenters. The van der Waals surface area contributed by atoms with E-state index in [1.54, 1.807) is 4.90 Å². The van der Waals surface area contributed by atoms with E-state index in [4.69, 9.17) is 0 Å². The molecule has 3 aromatic rings. The zero-order valence-electron chi connectivity index (χ0n) is 20.0. The Morgan fingerprint density at radius 2 is 1.68 bits per heavy atom. The molecule has 4 amide bonds. The highest BCUT2D eigenvalue weighted by molar-refractivity contribution is 6.04. The van der Waals surface area contributed by atoms with Gasteiger partial charge in [0.1, 0.15) is 0 Å². The van der Waals surface area contributed by atoms with Crippen LogP contribution in [0.15, 0.2) is 72.8 Å². The van der Waals surface area contributed by atoms with Crippen molar-refractivity contribution in [3.8, 4) is 0 Å². The van der Waals surface area contributed by atoms with Crippen LogP contribution in [0.5, 0.6) is 0 Å². The first kappa shape index (κ1) is 23.4. The first-order valence-electron chi connectivity index (χ1n) is 11.8.